The Bertz CT molecular complexity index is 503. The van der Waals surface area contributed by atoms with Crippen LogP contribution in [0.5, 0.6) is 0 Å². The molecule has 0 amide bonds. The monoisotopic (exact) mass is 240 g/mol. The van der Waals surface area contributed by atoms with Gasteiger partial charge in [-0.2, -0.15) is 0 Å². The highest BCUT2D eigenvalue weighted by molar-refractivity contribution is 5.47. The maximum Gasteiger partial charge on any atom is 0.0636 e. The average Bonchev–Trinajstić information content (AvgIpc) is 2.37. The molecule has 0 bridgehead atoms. The molecule has 0 saturated carbocycles. The van der Waals surface area contributed by atoms with Crippen molar-refractivity contribution in [3.63, 3.8) is 0 Å². The van der Waals surface area contributed by atoms with Crippen molar-refractivity contribution in [2.24, 2.45) is 5.73 Å². The number of aryl methyl sites for hydroxylation is 2. The second-order valence-electron chi connectivity index (χ2n) is 4.71. The van der Waals surface area contributed by atoms with E-state index in [1.807, 2.05) is 0 Å². The molecule has 1 atom stereocenters. The van der Waals surface area contributed by atoms with Gasteiger partial charge < -0.3 is 11.1 Å². The lowest BCUT2D eigenvalue weighted by atomic mass is 10.0. The topological polar surface area (TPSA) is 38.0 Å². The second kappa shape index (κ2) is 5.69. The molecule has 0 saturated heterocycles. The zero-order valence-corrected chi connectivity index (χ0v) is 11.0. The van der Waals surface area contributed by atoms with Crippen LogP contribution in [0, 0.1) is 13.8 Å². The molecule has 0 spiro atoms. The van der Waals surface area contributed by atoms with E-state index in [-0.39, 0.29) is 6.04 Å². The number of benzene rings is 2. The predicted molar refractivity (Wildman–Crippen MR) is 77.8 cm³/mol. The molecule has 2 heteroatoms. The van der Waals surface area contributed by atoms with Crippen LogP contribution >= 0.6 is 0 Å². The fourth-order valence-electron chi connectivity index (χ4n) is 2.01. The van der Waals surface area contributed by atoms with Crippen molar-refractivity contribution in [3.05, 3.63) is 65.2 Å². The Hall–Kier alpha value is -1.80. The number of hydrogen-bond acceptors (Lipinski definition) is 2. The molecule has 3 N–H and O–H groups in total. The highest BCUT2D eigenvalue weighted by Gasteiger charge is 2.08. The van der Waals surface area contributed by atoms with Crippen molar-refractivity contribution in [1.29, 1.82) is 0 Å². The summed E-state index contributed by atoms with van der Waals surface area (Å²) in [5.41, 5.74) is 10.7. The van der Waals surface area contributed by atoms with Gasteiger partial charge in [-0.3, -0.25) is 0 Å². The van der Waals surface area contributed by atoms with E-state index in [0.29, 0.717) is 6.54 Å². The maximum absolute atomic E-state index is 5.87. The summed E-state index contributed by atoms with van der Waals surface area (Å²) in [6, 6.07) is 17.0. The summed E-state index contributed by atoms with van der Waals surface area (Å²) in [5.74, 6) is 0. The number of hydrogen-bond donors (Lipinski definition) is 2. The molecule has 2 nitrogen and oxygen atoms in total. The van der Waals surface area contributed by atoms with E-state index in [4.69, 9.17) is 5.73 Å². The Kier molecular flexibility index (Phi) is 4.00. The van der Waals surface area contributed by atoms with Gasteiger partial charge in [0.15, 0.2) is 0 Å². The van der Waals surface area contributed by atoms with E-state index in [1.165, 1.54) is 16.7 Å². The highest BCUT2D eigenvalue weighted by Crippen LogP contribution is 2.19. The van der Waals surface area contributed by atoms with E-state index in [0.717, 1.165) is 5.69 Å². The lowest BCUT2D eigenvalue weighted by Gasteiger charge is -2.19. The van der Waals surface area contributed by atoms with Crippen LogP contribution in [0.3, 0.4) is 0 Å². The zero-order valence-electron chi connectivity index (χ0n) is 11.0. The van der Waals surface area contributed by atoms with E-state index >= 15 is 0 Å². The quantitative estimate of drug-likeness (QED) is 0.859. The molecular formula is C16H20N2. The van der Waals surface area contributed by atoms with Gasteiger partial charge >= 0.3 is 0 Å². The summed E-state index contributed by atoms with van der Waals surface area (Å²) in [7, 11) is 0. The van der Waals surface area contributed by atoms with E-state index in [9.17, 15) is 0 Å². The van der Waals surface area contributed by atoms with Gasteiger partial charge in [0.2, 0.25) is 0 Å². The van der Waals surface area contributed by atoms with Crippen LogP contribution in [0.25, 0.3) is 0 Å². The normalized spacial score (nSPS) is 12.2. The van der Waals surface area contributed by atoms with Gasteiger partial charge in [-0.1, -0.05) is 42.0 Å². The minimum atomic E-state index is 0.160. The molecule has 2 aromatic rings. The predicted octanol–water partition coefficient (Wildman–Crippen LogP) is 3.42. The summed E-state index contributed by atoms with van der Waals surface area (Å²) in [6.45, 7) is 4.76. The Morgan fingerprint density at radius 1 is 1.00 bits per heavy atom. The zero-order chi connectivity index (χ0) is 13.0. The standard InChI is InChI=1S/C16H20N2/c1-12-6-8-14(9-7-12)16(11-17)18-15-5-3-4-13(2)10-15/h3-10,16,18H,11,17H2,1-2H3. The van der Waals surface area contributed by atoms with Crippen LogP contribution in [0.1, 0.15) is 22.7 Å². The van der Waals surface area contributed by atoms with E-state index in [1.54, 1.807) is 0 Å². The van der Waals surface area contributed by atoms with Gasteiger partial charge in [0.25, 0.3) is 0 Å². The Labute approximate surface area is 109 Å². The molecule has 2 rings (SSSR count). The van der Waals surface area contributed by atoms with Crippen LogP contribution in [0.15, 0.2) is 48.5 Å². The lowest BCUT2D eigenvalue weighted by Crippen LogP contribution is -2.20. The number of nitrogens with one attached hydrogen (secondary N) is 1. The molecule has 0 aromatic heterocycles. The molecule has 0 fully saturated rings. The van der Waals surface area contributed by atoms with Crippen LogP contribution in [0.4, 0.5) is 5.69 Å². The highest BCUT2D eigenvalue weighted by atomic mass is 14.9. The summed E-state index contributed by atoms with van der Waals surface area (Å²) in [5, 5.41) is 3.48. The number of nitrogens with two attached hydrogens (primary N) is 1. The molecule has 2 aromatic carbocycles. The fraction of sp³-hybridized carbons (Fsp3) is 0.250. The summed E-state index contributed by atoms with van der Waals surface area (Å²) >= 11 is 0. The van der Waals surface area contributed by atoms with Gasteiger partial charge in [0.05, 0.1) is 6.04 Å². The number of anilines is 1. The second-order valence-corrected chi connectivity index (χ2v) is 4.71. The van der Waals surface area contributed by atoms with Crippen LogP contribution in [0.2, 0.25) is 0 Å². The van der Waals surface area contributed by atoms with E-state index in [2.05, 4.69) is 67.7 Å². The fourth-order valence-corrected chi connectivity index (χ4v) is 2.01. The van der Waals surface area contributed by atoms with Crippen molar-refractivity contribution in [3.8, 4) is 0 Å². The van der Waals surface area contributed by atoms with Crippen LogP contribution < -0.4 is 11.1 Å². The van der Waals surface area contributed by atoms with Crippen molar-refractivity contribution in [1.82, 2.24) is 0 Å². The van der Waals surface area contributed by atoms with Crippen molar-refractivity contribution >= 4 is 5.69 Å². The maximum atomic E-state index is 5.87. The number of rotatable bonds is 4. The molecule has 0 heterocycles. The largest absolute Gasteiger partial charge is 0.377 e. The molecule has 1 unspecified atom stereocenters. The summed E-state index contributed by atoms with van der Waals surface area (Å²) in [6.07, 6.45) is 0. The van der Waals surface area contributed by atoms with Gasteiger partial charge in [0.1, 0.15) is 0 Å². The third kappa shape index (κ3) is 3.11. The molecule has 0 aliphatic heterocycles. The third-order valence-electron chi connectivity index (χ3n) is 3.07. The molecule has 0 radical (unpaired) electrons. The lowest BCUT2D eigenvalue weighted by molar-refractivity contribution is 0.789. The van der Waals surface area contributed by atoms with Crippen LogP contribution in [-0.4, -0.2) is 6.54 Å². The Balaban J connectivity index is 2.17. The third-order valence-corrected chi connectivity index (χ3v) is 3.07. The first-order chi connectivity index (χ1) is 8.69. The van der Waals surface area contributed by atoms with Gasteiger partial charge in [0, 0.05) is 12.2 Å². The molecular weight excluding hydrogens is 220 g/mol. The Morgan fingerprint density at radius 3 is 2.33 bits per heavy atom. The molecule has 0 aliphatic rings. The summed E-state index contributed by atoms with van der Waals surface area (Å²) < 4.78 is 0. The van der Waals surface area contributed by atoms with Gasteiger partial charge in [-0.05, 0) is 37.1 Å². The minimum Gasteiger partial charge on any atom is -0.377 e. The first-order valence-corrected chi connectivity index (χ1v) is 6.29. The van der Waals surface area contributed by atoms with E-state index < -0.39 is 0 Å². The average molecular weight is 240 g/mol. The minimum absolute atomic E-state index is 0.160. The molecule has 94 valence electrons. The van der Waals surface area contributed by atoms with Gasteiger partial charge in [-0.25, -0.2) is 0 Å². The first kappa shape index (κ1) is 12.7. The van der Waals surface area contributed by atoms with Crippen molar-refractivity contribution < 1.29 is 0 Å². The smallest absolute Gasteiger partial charge is 0.0636 e. The van der Waals surface area contributed by atoms with Gasteiger partial charge in [-0.15, -0.1) is 0 Å². The van der Waals surface area contributed by atoms with Crippen LogP contribution in [-0.2, 0) is 0 Å². The van der Waals surface area contributed by atoms with Crippen molar-refractivity contribution in [2.45, 2.75) is 19.9 Å². The SMILES string of the molecule is Cc1ccc(C(CN)Nc2cccc(C)c2)cc1. The molecule has 0 aliphatic carbocycles. The van der Waals surface area contributed by atoms with Crippen molar-refractivity contribution in [2.75, 3.05) is 11.9 Å². The Morgan fingerprint density at radius 2 is 1.72 bits per heavy atom. The summed E-state index contributed by atoms with van der Waals surface area (Å²) in [4.78, 5) is 0. The first-order valence-electron chi connectivity index (χ1n) is 6.29. The molecule has 18 heavy (non-hydrogen) atoms.